The van der Waals surface area contributed by atoms with Crippen LogP contribution in [0.25, 0.3) is 0 Å². The van der Waals surface area contributed by atoms with Crippen LogP contribution in [-0.2, 0) is 14.8 Å². The van der Waals surface area contributed by atoms with Gasteiger partial charge in [-0.15, -0.1) is 0 Å². The number of amides is 1. The van der Waals surface area contributed by atoms with Gasteiger partial charge in [-0.05, 0) is 95.8 Å². The maximum absolute atomic E-state index is 13.1. The zero-order chi connectivity index (χ0) is 20.9. The SMILES string of the molecule is O=C(NCC12CC3CC(CC(C3)C1)C2)c1ccc(Br)c(S(=O)(=O)N2CCOCC2)c1. The van der Waals surface area contributed by atoms with Crippen LogP contribution in [0.1, 0.15) is 48.9 Å². The number of sulfonamides is 1. The predicted molar refractivity (Wildman–Crippen MR) is 117 cm³/mol. The van der Waals surface area contributed by atoms with Gasteiger partial charge in [0, 0.05) is 29.7 Å². The molecule has 1 N–H and O–H groups in total. The zero-order valence-corrected chi connectivity index (χ0v) is 19.5. The van der Waals surface area contributed by atoms with Crippen LogP contribution in [0.2, 0.25) is 0 Å². The summed E-state index contributed by atoms with van der Waals surface area (Å²) in [6.45, 7) is 2.15. The van der Waals surface area contributed by atoms with E-state index in [1.54, 1.807) is 12.1 Å². The van der Waals surface area contributed by atoms with E-state index >= 15 is 0 Å². The van der Waals surface area contributed by atoms with Crippen molar-refractivity contribution in [1.29, 1.82) is 0 Å². The van der Waals surface area contributed by atoms with E-state index in [2.05, 4.69) is 21.2 Å². The van der Waals surface area contributed by atoms with Crippen molar-refractivity contribution in [1.82, 2.24) is 9.62 Å². The third-order valence-corrected chi connectivity index (χ3v) is 10.5. The molecule has 6 rings (SSSR count). The van der Waals surface area contributed by atoms with E-state index in [0.29, 0.717) is 42.9 Å². The van der Waals surface area contributed by atoms with E-state index in [4.69, 9.17) is 4.74 Å². The summed E-state index contributed by atoms with van der Waals surface area (Å²) in [6.07, 6.45) is 7.83. The average molecular weight is 497 g/mol. The molecule has 0 unspecified atom stereocenters. The third-order valence-electron chi connectivity index (χ3n) is 7.57. The smallest absolute Gasteiger partial charge is 0.251 e. The molecule has 0 aromatic heterocycles. The highest BCUT2D eigenvalue weighted by Crippen LogP contribution is 2.59. The fourth-order valence-electron chi connectivity index (χ4n) is 6.64. The highest BCUT2D eigenvalue weighted by Gasteiger charge is 2.50. The van der Waals surface area contributed by atoms with Gasteiger partial charge in [0.05, 0.1) is 18.1 Å². The molecule has 0 spiro atoms. The Morgan fingerprint density at radius 1 is 1.10 bits per heavy atom. The second-order valence-corrected chi connectivity index (χ2v) is 12.5. The summed E-state index contributed by atoms with van der Waals surface area (Å²) in [6, 6.07) is 4.86. The lowest BCUT2D eigenvalue weighted by molar-refractivity contribution is -0.0503. The molecule has 30 heavy (non-hydrogen) atoms. The van der Waals surface area contributed by atoms with Crippen LogP contribution in [-0.4, -0.2) is 51.5 Å². The first-order valence-corrected chi connectivity index (χ1v) is 13.2. The predicted octanol–water partition coefficient (Wildman–Crippen LogP) is 3.42. The number of rotatable bonds is 5. The molecule has 1 aromatic carbocycles. The van der Waals surface area contributed by atoms with E-state index in [9.17, 15) is 13.2 Å². The monoisotopic (exact) mass is 496 g/mol. The summed E-state index contributed by atoms with van der Waals surface area (Å²) in [7, 11) is -3.67. The molecule has 4 bridgehead atoms. The third kappa shape index (κ3) is 3.85. The molecular weight excluding hydrogens is 468 g/mol. The molecule has 1 aromatic rings. The topological polar surface area (TPSA) is 75.7 Å². The second kappa shape index (κ2) is 7.87. The van der Waals surface area contributed by atoms with Gasteiger partial charge in [0.15, 0.2) is 0 Å². The highest BCUT2D eigenvalue weighted by molar-refractivity contribution is 9.10. The van der Waals surface area contributed by atoms with Crippen molar-refractivity contribution in [3.05, 3.63) is 28.2 Å². The lowest BCUT2D eigenvalue weighted by Gasteiger charge is -2.56. The minimum Gasteiger partial charge on any atom is -0.379 e. The summed E-state index contributed by atoms with van der Waals surface area (Å²) in [5, 5.41) is 3.15. The molecule has 1 aliphatic heterocycles. The van der Waals surface area contributed by atoms with Crippen LogP contribution >= 0.6 is 15.9 Å². The van der Waals surface area contributed by atoms with Gasteiger partial charge < -0.3 is 10.1 Å². The number of nitrogens with zero attached hydrogens (tertiary/aromatic N) is 1. The Balaban J connectivity index is 1.31. The Morgan fingerprint density at radius 2 is 1.70 bits per heavy atom. The summed E-state index contributed by atoms with van der Waals surface area (Å²) in [4.78, 5) is 13.1. The summed E-state index contributed by atoms with van der Waals surface area (Å²) in [5.41, 5.74) is 0.650. The molecule has 0 radical (unpaired) electrons. The molecule has 6 nitrogen and oxygen atoms in total. The van der Waals surface area contributed by atoms with Gasteiger partial charge in [-0.2, -0.15) is 4.31 Å². The number of hydrogen-bond donors (Lipinski definition) is 1. The fourth-order valence-corrected chi connectivity index (χ4v) is 9.00. The van der Waals surface area contributed by atoms with Crippen molar-refractivity contribution in [2.45, 2.75) is 43.4 Å². The summed E-state index contributed by atoms with van der Waals surface area (Å²) in [5.74, 6) is 2.33. The quantitative estimate of drug-likeness (QED) is 0.677. The first kappa shape index (κ1) is 20.9. The van der Waals surface area contributed by atoms with Gasteiger partial charge in [0.1, 0.15) is 0 Å². The molecule has 4 saturated carbocycles. The van der Waals surface area contributed by atoms with Crippen LogP contribution in [0.15, 0.2) is 27.6 Å². The van der Waals surface area contributed by atoms with Crippen LogP contribution in [0.3, 0.4) is 0 Å². The van der Waals surface area contributed by atoms with Crippen LogP contribution in [0.5, 0.6) is 0 Å². The Labute approximate surface area is 186 Å². The van der Waals surface area contributed by atoms with Gasteiger partial charge in [-0.3, -0.25) is 4.79 Å². The Morgan fingerprint density at radius 3 is 2.30 bits per heavy atom. The minimum atomic E-state index is -3.67. The van der Waals surface area contributed by atoms with E-state index in [-0.39, 0.29) is 16.2 Å². The normalized spacial score (nSPS) is 33.6. The number of hydrogen-bond acceptors (Lipinski definition) is 4. The van der Waals surface area contributed by atoms with Gasteiger partial charge in [0.2, 0.25) is 10.0 Å². The zero-order valence-electron chi connectivity index (χ0n) is 17.1. The van der Waals surface area contributed by atoms with Crippen molar-refractivity contribution >= 4 is 31.9 Å². The Bertz CT molecular complexity index is 907. The molecule has 1 saturated heterocycles. The number of benzene rings is 1. The van der Waals surface area contributed by atoms with Crippen LogP contribution in [0, 0.1) is 23.2 Å². The lowest BCUT2D eigenvalue weighted by Crippen LogP contribution is -2.51. The van der Waals surface area contributed by atoms with Gasteiger partial charge in [0.25, 0.3) is 5.91 Å². The molecule has 5 aliphatic rings. The molecule has 4 aliphatic carbocycles. The standard InChI is InChI=1S/C22H29BrN2O4S/c23-19-2-1-18(10-20(19)30(27,28)25-3-5-29-6-4-25)21(26)24-14-22-11-15-7-16(12-22)9-17(8-15)13-22/h1-2,10,15-17H,3-9,11-14H2,(H,24,26). The number of carbonyl (C=O) groups excluding carboxylic acids is 1. The number of ether oxygens (including phenoxy) is 1. The number of carbonyl (C=O) groups is 1. The van der Waals surface area contributed by atoms with Gasteiger partial charge in [-0.1, -0.05) is 0 Å². The fraction of sp³-hybridized carbons (Fsp3) is 0.682. The first-order valence-electron chi connectivity index (χ1n) is 11.0. The average Bonchev–Trinajstić information content (AvgIpc) is 2.72. The van der Waals surface area contributed by atoms with Crippen molar-refractivity contribution in [3.8, 4) is 0 Å². The number of morpholine rings is 1. The second-order valence-electron chi connectivity index (χ2n) is 9.76. The largest absolute Gasteiger partial charge is 0.379 e. The van der Waals surface area contributed by atoms with Gasteiger partial charge in [-0.25, -0.2) is 8.42 Å². The van der Waals surface area contributed by atoms with Crippen LogP contribution in [0.4, 0.5) is 0 Å². The molecule has 1 heterocycles. The Kier molecular flexibility index (Phi) is 5.49. The van der Waals surface area contributed by atoms with E-state index < -0.39 is 10.0 Å². The minimum absolute atomic E-state index is 0.145. The summed E-state index contributed by atoms with van der Waals surface area (Å²) < 4.78 is 33.3. The first-order chi connectivity index (χ1) is 14.3. The van der Waals surface area contributed by atoms with E-state index in [1.807, 2.05) is 0 Å². The molecule has 0 atom stereocenters. The molecular formula is C22H29BrN2O4S. The molecule has 1 amide bonds. The van der Waals surface area contributed by atoms with Crippen molar-refractivity contribution in [3.63, 3.8) is 0 Å². The lowest BCUT2D eigenvalue weighted by atomic mass is 9.49. The van der Waals surface area contributed by atoms with Crippen molar-refractivity contribution in [2.24, 2.45) is 23.2 Å². The number of halogens is 1. The van der Waals surface area contributed by atoms with Crippen molar-refractivity contribution in [2.75, 3.05) is 32.8 Å². The maximum Gasteiger partial charge on any atom is 0.251 e. The molecule has 8 heteroatoms. The van der Waals surface area contributed by atoms with Gasteiger partial charge >= 0.3 is 0 Å². The van der Waals surface area contributed by atoms with Crippen LogP contribution < -0.4 is 5.32 Å². The summed E-state index contributed by atoms with van der Waals surface area (Å²) >= 11 is 3.36. The molecule has 164 valence electrons. The van der Waals surface area contributed by atoms with E-state index in [0.717, 1.165) is 17.8 Å². The van der Waals surface area contributed by atoms with E-state index in [1.165, 1.54) is 48.9 Å². The molecule has 5 fully saturated rings. The number of nitrogens with one attached hydrogen (secondary N) is 1. The maximum atomic E-state index is 13.1. The Hall–Kier alpha value is -0.960. The van der Waals surface area contributed by atoms with Crippen molar-refractivity contribution < 1.29 is 17.9 Å². The highest BCUT2D eigenvalue weighted by atomic mass is 79.9.